The lowest BCUT2D eigenvalue weighted by atomic mass is 10.2. The molecule has 0 radical (unpaired) electrons. The van der Waals surface area contributed by atoms with Crippen LogP contribution in [0.1, 0.15) is 40.6 Å². The average Bonchev–Trinajstić information content (AvgIpc) is 3.01. The first-order chi connectivity index (χ1) is 7.13. The molecule has 0 atom stereocenters. The first kappa shape index (κ1) is 9.89. The Bertz CT molecular complexity index is 413. The van der Waals surface area contributed by atoms with Gasteiger partial charge in [0.25, 0.3) is 0 Å². The number of hydrogen-bond acceptors (Lipinski definition) is 4. The molecule has 0 amide bonds. The van der Waals surface area contributed by atoms with Gasteiger partial charge in [0, 0.05) is 11.5 Å². The van der Waals surface area contributed by atoms with E-state index in [4.69, 9.17) is 9.84 Å². The van der Waals surface area contributed by atoms with E-state index >= 15 is 0 Å². The second-order valence-corrected chi connectivity index (χ2v) is 3.64. The van der Waals surface area contributed by atoms with Gasteiger partial charge in [-0.15, -0.1) is 0 Å². The smallest absolute Gasteiger partial charge is 0.355 e. The van der Waals surface area contributed by atoms with Gasteiger partial charge in [-0.1, -0.05) is 0 Å². The zero-order chi connectivity index (χ0) is 11.0. The first-order valence-corrected chi connectivity index (χ1v) is 4.79. The lowest BCUT2D eigenvalue weighted by Crippen LogP contribution is -2.09. The average molecular weight is 208 g/mol. The van der Waals surface area contributed by atoms with E-state index in [1.807, 2.05) is 0 Å². The molecule has 0 aliphatic heterocycles. The number of aromatic carboxylic acids is 1. The summed E-state index contributed by atoms with van der Waals surface area (Å²) >= 11 is 0. The maximum absolute atomic E-state index is 10.9. The number of rotatable bonds is 3. The molecule has 1 aliphatic rings. The lowest BCUT2D eigenvalue weighted by Gasteiger charge is -2.08. The molecule has 2 rings (SSSR count). The summed E-state index contributed by atoms with van der Waals surface area (Å²) in [5.74, 6) is 0.242. The number of aromatic nitrogens is 2. The summed E-state index contributed by atoms with van der Waals surface area (Å²) in [6, 6.07) is 0. The van der Waals surface area contributed by atoms with Crippen LogP contribution >= 0.6 is 0 Å². The van der Waals surface area contributed by atoms with Crippen molar-refractivity contribution in [2.75, 3.05) is 7.11 Å². The van der Waals surface area contributed by atoms with Gasteiger partial charge in [-0.05, 0) is 19.8 Å². The molecule has 5 heteroatoms. The summed E-state index contributed by atoms with van der Waals surface area (Å²) in [5, 5.41) is 8.97. The molecule has 0 bridgehead atoms. The molecule has 1 aromatic rings. The highest BCUT2D eigenvalue weighted by Crippen LogP contribution is 2.39. The predicted octanol–water partition coefficient (Wildman–Crippen LogP) is 1.37. The van der Waals surface area contributed by atoms with Crippen LogP contribution in [0.15, 0.2) is 0 Å². The molecule has 1 aromatic heterocycles. The summed E-state index contributed by atoms with van der Waals surface area (Å²) in [6.07, 6.45) is 2.07. The van der Waals surface area contributed by atoms with Crippen molar-refractivity contribution in [3.8, 4) is 5.88 Å². The minimum Gasteiger partial charge on any atom is -0.481 e. The maximum Gasteiger partial charge on any atom is 0.355 e. The molecule has 1 aliphatic carbocycles. The van der Waals surface area contributed by atoms with Gasteiger partial charge < -0.3 is 9.84 Å². The highest BCUT2D eigenvalue weighted by Gasteiger charge is 2.29. The summed E-state index contributed by atoms with van der Waals surface area (Å²) in [6.45, 7) is 1.65. The molecule has 0 saturated heterocycles. The second-order valence-electron chi connectivity index (χ2n) is 3.64. The number of hydrogen-bond donors (Lipinski definition) is 1. The van der Waals surface area contributed by atoms with Crippen LogP contribution < -0.4 is 4.74 Å². The van der Waals surface area contributed by atoms with Gasteiger partial charge in [0.15, 0.2) is 5.69 Å². The molecule has 1 saturated carbocycles. The molecule has 1 heterocycles. The van der Waals surface area contributed by atoms with Crippen molar-refractivity contribution in [2.24, 2.45) is 0 Å². The third-order valence-corrected chi connectivity index (χ3v) is 2.46. The van der Waals surface area contributed by atoms with E-state index in [1.165, 1.54) is 7.11 Å². The summed E-state index contributed by atoms with van der Waals surface area (Å²) in [5.41, 5.74) is 0.526. The van der Waals surface area contributed by atoms with Gasteiger partial charge in [0.2, 0.25) is 5.88 Å². The van der Waals surface area contributed by atoms with Gasteiger partial charge in [0.05, 0.1) is 7.11 Å². The van der Waals surface area contributed by atoms with Crippen molar-refractivity contribution in [1.29, 1.82) is 0 Å². The number of methoxy groups -OCH3 is 1. The van der Waals surface area contributed by atoms with Crippen LogP contribution in [0.5, 0.6) is 5.88 Å². The van der Waals surface area contributed by atoms with Gasteiger partial charge in [0.1, 0.15) is 5.82 Å². The Hall–Kier alpha value is -1.65. The summed E-state index contributed by atoms with van der Waals surface area (Å²) in [4.78, 5) is 19.2. The van der Waals surface area contributed by atoms with Gasteiger partial charge in [-0.25, -0.2) is 9.78 Å². The number of carbonyl (C=O) groups is 1. The summed E-state index contributed by atoms with van der Waals surface area (Å²) < 4.78 is 5.04. The largest absolute Gasteiger partial charge is 0.481 e. The zero-order valence-electron chi connectivity index (χ0n) is 8.65. The maximum atomic E-state index is 10.9. The first-order valence-electron chi connectivity index (χ1n) is 4.79. The van der Waals surface area contributed by atoms with E-state index in [-0.39, 0.29) is 5.69 Å². The van der Waals surface area contributed by atoms with Gasteiger partial charge >= 0.3 is 5.97 Å². The van der Waals surface area contributed by atoms with Crippen LogP contribution in [0.3, 0.4) is 0 Å². The van der Waals surface area contributed by atoms with Crippen LogP contribution in [0, 0.1) is 6.92 Å². The van der Waals surface area contributed by atoms with Crippen LogP contribution in [0.4, 0.5) is 0 Å². The van der Waals surface area contributed by atoms with Gasteiger partial charge in [-0.3, -0.25) is 0 Å². The second kappa shape index (κ2) is 3.49. The topological polar surface area (TPSA) is 72.3 Å². The molecule has 5 nitrogen and oxygen atoms in total. The van der Waals surface area contributed by atoms with E-state index < -0.39 is 5.97 Å². The van der Waals surface area contributed by atoms with Crippen molar-refractivity contribution in [1.82, 2.24) is 9.97 Å². The molecule has 0 aromatic carbocycles. The Morgan fingerprint density at radius 1 is 1.47 bits per heavy atom. The fourth-order valence-corrected chi connectivity index (χ4v) is 1.44. The van der Waals surface area contributed by atoms with E-state index in [2.05, 4.69) is 9.97 Å². The number of nitrogens with zero attached hydrogens (tertiary/aromatic N) is 2. The van der Waals surface area contributed by atoms with E-state index in [1.54, 1.807) is 6.92 Å². The van der Waals surface area contributed by atoms with Crippen LogP contribution in [0.25, 0.3) is 0 Å². The molecule has 15 heavy (non-hydrogen) atoms. The normalized spacial score (nSPS) is 15.1. The zero-order valence-corrected chi connectivity index (χ0v) is 8.65. The predicted molar refractivity (Wildman–Crippen MR) is 52.3 cm³/mol. The van der Waals surface area contributed by atoms with Crippen LogP contribution in [-0.2, 0) is 0 Å². The fourth-order valence-electron chi connectivity index (χ4n) is 1.44. The standard InChI is InChI=1S/C10H12N2O3/c1-5-7(10(13)14)11-8(6-3-4-6)12-9(5)15-2/h6H,3-4H2,1-2H3,(H,13,14). The SMILES string of the molecule is COc1nc(C2CC2)nc(C(=O)O)c1C. The monoisotopic (exact) mass is 208 g/mol. The van der Waals surface area contributed by atoms with Crippen molar-refractivity contribution < 1.29 is 14.6 Å². The van der Waals surface area contributed by atoms with Gasteiger partial charge in [-0.2, -0.15) is 4.98 Å². The highest BCUT2D eigenvalue weighted by molar-refractivity contribution is 5.87. The van der Waals surface area contributed by atoms with Crippen molar-refractivity contribution in [3.63, 3.8) is 0 Å². The minimum atomic E-state index is -1.03. The van der Waals surface area contributed by atoms with Crippen LogP contribution in [-0.4, -0.2) is 28.2 Å². The third kappa shape index (κ3) is 1.77. The minimum absolute atomic E-state index is 0.0451. The van der Waals surface area contributed by atoms with E-state index in [9.17, 15) is 4.79 Å². The lowest BCUT2D eigenvalue weighted by molar-refractivity contribution is 0.0688. The van der Waals surface area contributed by atoms with Crippen molar-refractivity contribution >= 4 is 5.97 Å². The quantitative estimate of drug-likeness (QED) is 0.812. The molecule has 0 spiro atoms. The molecule has 1 N–H and O–H groups in total. The number of carboxylic acids is 1. The molecule has 1 fully saturated rings. The number of carboxylic acid groups (broad SMARTS) is 1. The Balaban J connectivity index is 2.52. The number of ether oxygens (including phenoxy) is 1. The van der Waals surface area contributed by atoms with Crippen LogP contribution in [0.2, 0.25) is 0 Å². The Labute approximate surface area is 87.1 Å². The van der Waals surface area contributed by atoms with Crippen molar-refractivity contribution in [3.05, 3.63) is 17.1 Å². The third-order valence-electron chi connectivity index (χ3n) is 2.46. The van der Waals surface area contributed by atoms with Crippen molar-refractivity contribution in [2.45, 2.75) is 25.7 Å². The Kier molecular flexibility index (Phi) is 2.30. The van der Waals surface area contributed by atoms with E-state index in [0.717, 1.165) is 12.8 Å². The van der Waals surface area contributed by atoms with E-state index in [0.29, 0.717) is 23.2 Å². The highest BCUT2D eigenvalue weighted by atomic mass is 16.5. The molecular weight excluding hydrogens is 196 g/mol. The molecule has 80 valence electrons. The molecular formula is C10H12N2O3. The summed E-state index contributed by atoms with van der Waals surface area (Å²) in [7, 11) is 1.48. The fraction of sp³-hybridized carbons (Fsp3) is 0.500. The molecule has 0 unspecified atom stereocenters. The Morgan fingerprint density at radius 2 is 2.13 bits per heavy atom. The Morgan fingerprint density at radius 3 is 2.60 bits per heavy atom.